The molecule has 2 amide bonds. The molecule has 0 unspecified atom stereocenters. The molecule has 0 heterocycles. The van der Waals surface area contributed by atoms with Gasteiger partial charge in [0.2, 0.25) is 0 Å². The third kappa shape index (κ3) is 2.89. The van der Waals surface area contributed by atoms with E-state index in [1.807, 2.05) is 6.07 Å². The van der Waals surface area contributed by atoms with E-state index in [0.717, 1.165) is 21.8 Å². The maximum Gasteiger partial charge on any atom is 0.319 e. The maximum atomic E-state index is 11.5. The van der Waals surface area contributed by atoms with E-state index in [4.69, 9.17) is 5.73 Å². The van der Waals surface area contributed by atoms with Crippen molar-refractivity contribution in [2.75, 3.05) is 11.1 Å². The van der Waals surface area contributed by atoms with Crippen LogP contribution >= 0.6 is 31.9 Å². The van der Waals surface area contributed by atoms with Gasteiger partial charge in [-0.05, 0) is 40.9 Å². The summed E-state index contributed by atoms with van der Waals surface area (Å²) in [5.74, 6) is 0. The van der Waals surface area contributed by atoms with Crippen LogP contribution in [0, 0.1) is 0 Å². The van der Waals surface area contributed by atoms with Crippen molar-refractivity contribution in [1.29, 1.82) is 0 Å². The van der Waals surface area contributed by atoms with Crippen molar-refractivity contribution in [2.24, 2.45) is 0 Å². The van der Waals surface area contributed by atoms with Crippen LogP contribution in [0.2, 0.25) is 0 Å². The number of anilines is 2. The van der Waals surface area contributed by atoms with Crippen LogP contribution in [0.1, 0.15) is 12.8 Å². The molecule has 0 aromatic heterocycles. The van der Waals surface area contributed by atoms with Gasteiger partial charge in [0, 0.05) is 15.0 Å². The molecule has 0 spiro atoms. The number of nitrogen functional groups attached to an aromatic ring is 1. The summed E-state index contributed by atoms with van der Waals surface area (Å²) in [4.78, 5) is 11.5. The van der Waals surface area contributed by atoms with E-state index in [1.165, 1.54) is 0 Å². The molecule has 0 bridgehead atoms. The molecule has 1 saturated carbocycles. The van der Waals surface area contributed by atoms with Crippen LogP contribution in [0.15, 0.2) is 21.1 Å². The van der Waals surface area contributed by atoms with E-state index in [0.29, 0.717) is 17.4 Å². The normalized spacial score (nSPS) is 14.6. The maximum absolute atomic E-state index is 11.5. The molecule has 2 rings (SSSR count). The summed E-state index contributed by atoms with van der Waals surface area (Å²) in [5, 5.41) is 5.57. The number of rotatable bonds is 2. The standard InChI is InChI=1S/C10H11Br2N3O/c11-5-3-7(12)9(8(13)4-5)15-10(16)14-6-1-2-6/h3-4,6H,1-2,13H2,(H2,14,15,16). The van der Waals surface area contributed by atoms with Gasteiger partial charge in [-0.2, -0.15) is 0 Å². The van der Waals surface area contributed by atoms with Crippen molar-refractivity contribution in [3.63, 3.8) is 0 Å². The molecule has 0 saturated heterocycles. The number of carbonyl (C=O) groups excluding carboxylic acids is 1. The highest BCUT2D eigenvalue weighted by Gasteiger charge is 2.23. The van der Waals surface area contributed by atoms with Gasteiger partial charge in [-0.1, -0.05) is 15.9 Å². The predicted octanol–water partition coefficient (Wildman–Crippen LogP) is 3.08. The number of hydrogen-bond donors (Lipinski definition) is 3. The number of nitrogens with one attached hydrogen (secondary N) is 2. The summed E-state index contributed by atoms with van der Waals surface area (Å²) in [5.41, 5.74) is 6.93. The lowest BCUT2D eigenvalue weighted by Gasteiger charge is -2.11. The summed E-state index contributed by atoms with van der Waals surface area (Å²) < 4.78 is 1.62. The zero-order valence-corrected chi connectivity index (χ0v) is 11.6. The number of urea groups is 1. The molecule has 1 aromatic rings. The summed E-state index contributed by atoms with van der Waals surface area (Å²) >= 11 is 6.68. The molecule has 86 valence electrons. The minimum absolute atomic E-state index is 0.211. The summed E-state index contributed by atoms with van der Waals surface area (Å²) in [6.45, 7) is 0. The molecule has 1 aliphatic rings. The van der Waals surface area contributed by atoms with Crippen molar-refractivity contribution in [2.45, 2.75) is 18.9 Å². The second-order valence-electron chi connectivity index (χ2n) is 3.72. The van der Waals surface area contributed by atoms with E-state index >= 15 is 0 Å². The molecular formula is C10H11Br2N3O. The van der Waals surface area contributed by atoms with Gasteiger partial charge in [0.1, 0.15) is 0 Å². The molecule has 1 aliphatic carbocycles. The zero-order chi connectivity index (χ0) is 11.7. The van der Waals surface area contributed by atoms with E-state index in [1.54, 1.807) is 6.07 Å². The molecular weight excluding hydrogens is 338 g/mol. The third-order valence-electron chi connectivity index (χ3n) is 2.24. The highest BCUT2D eigenvalue weighted by atomic mass is 79.9. The molecule has 1 aromatic carbocycles. The molecule has 6 heteroatoms. The van der Waals surface area contributed by atoms with Crippen molar-refractivity contribution in [3.05, 3.63) is 21.1 Å². The van der Waals surface area contributed by atoms with E-state index < -0.39 is 0 Å². The molecule has 0 aliphatic heterocycles. The van der Waals surface area contributed by atoms with Gasteiger partial charge in [0.25, 0.3) is 0 Å². The van der Waals surface area contributed by atoms with Gasteiger partial charge in [-0.3, -0.25) is 0 Å². The average Bonchev–Trinajstić information content (AvgIpc) is 2.95. The fourth-order valence-corrected chi connectivity index (χ4v) is 2.65. The number of halogens is 2. The Bertz CT molecular complexity index is 409. The highest BCUT2D eigenvalue weighted by Crippen LogP contribution is 2.32. The fourth-order valence-electron chi connectivity index (χ4n) is 1.29. The lowest BCUT2D eigenvalue weighted by Crippen LogP contribution is -2.30. The number of amides is 2. The van der Waals surface area contributed by atoms with E-state index in [-0.39, 0.29) is 6.03 Å². The number of carbonyl (C=O) groups is 1. The Hall–Kier alpha value is -0.750. The summed E-state index contributed by atoms with van der Waals surface area (Å²) in [7, 11) is 0. The summed E-state index contributed by atoms with van der Waals surface area (Å²) in [6, 6.07) is 3.70. The van der Waals surface area contributed by atoms with Crippen LogP contribution in [0.3, 0.4) is 0 Å². The zero-order valence-electron chi connectivity index (χ0n) is 8.39. The predicted molar refractivity (Wildman–Crippen MR) is 71.4 cm³/mol. The Morgan fingerprint density at radius 1 is 1.38 bits per heavy atom. The Labute approximate surface area is 110 Å². The van der Waals surface area contributed by atoms with Gasteiger partial charge < -0.3 is 16.4 Å². The first-order valence-corrected chi connectivity index (χ1v) is 6.47. The third-order valence-corrected chi connectivity index (χ3v) is 3.32. The molecule has 4 nitrogen and oxygen atoms in total. The molecule has 1 fully saturated rings. The minimum atomic E-state index is -0.211. The fraction of sp³-hybridized carbons (Fsp3) is 0.300. The number of hydrogen-bond acceptors (Lipinski definition) is 2. The van der Waals surface area contributed by atoms with Crippen LogP contribution in [0.25, 0.3) is 0 Å². The Kier molecular flexibility index (Phi) is 3.39. The van der Waals surface area contributed by atoms with Gasteiger partial charge in [-0.15, -0.1) is 0 Å². The van der Waals surface area contributed by atoms with Crippen LogP contribution in [-0.4, -0.2) is 12.1 Å². The van der Waals surface area contributed by atoms with Crippen molar-refractivity contribution in [1.82, 2.24) is 5.32 Å². The smallest absolute Gasteiger partial charge is 0.319 e. The van der Waals surface area contributed by atoms with E-state index in [2.05, 4.69) is 42.5 Å². The van der Waals surface area contributed by atoms with Crippen LogP contribution in [0.4, 0.5) is 16.2 Å². The minimum Gasteiger partial charge on any atom is -0.397 e. The highest BCUT2D eigenvalue weighted by molar-refractivity contribution is 9.11. The lowest BCUT2D eigenvalue weighted by molar-refractivity contribution is 0.251. The van der Waals surface area contributed by atoms with Gasteiger partial charge in [-0.25, -0.2) is 4.79 Å². The second-order valence-corrected chi connectivity index (χ2v) is 5.49. The first-order chi connectivity index (χ1) is 7.56. The number of nitrogens with two attached hydrogens (primary N) is 1. The van der Waals surface area contributed by atoms with Gasteiger partial charge in [0.15, 0.2) is 0 Å². The van der Waals surface area contributed by atoms with Crippen LogP contribution < -0.4 is 16.4 Å². The van der Waals surface area contributed by atoms with Crippen LogP contribution in [-0.2, 0) is 0 Å². The SMILES string of the molecule is Nc1cc(Br)cc(Br)c1NC(=O)NC1CC1. The van der Waals surface area contributed by atoms with Crippen molar-refractivity contribution >= 4 is 49.3 Å². The van der Waals surface area contributed by atoms with E-state index in [9.17, 15) is 4.79 Å². The largest absolute Gasteiger partial charge is 0.397 e. The second kappa shape index (κ2) is 4.63. The monoisotopic (exact) mass is 347 g/mol. The topological polar surface area (TPSA) is 67.1 Å². The Balaban J connectivity index is 2.10. The number of benzene rings is 1. The van der Waals surface area contributed by atoms with Gasteiger partial charge in [0.05, 0.1) is 11.4 Å². The lowest BCUT2D eigenvalue weighted by atomic mass is 10.3. The first kappa shape index (κ1) is 11.7. The molecule has 0 atom stereocenters. The molecule has 0 radical (unpaired) electrons. The van der Waals surface area contributed by atoms with Gasteiger partial charge >= 0.3 is 6.03 Å². The molecule has 16 heavy (non-hydrogen) atoms. The van der Waals surface area contributed by atoms with Crippen molar-refractivity contribution in [3.8, 4) is 0 Å². The molecule has 4 N–H and O–H groups in total. The first-order valence-electron chi connectivity index (χ1n) is 4.88. The summed E-state index contributed by atoms with van der Waals surface area (Å²) in [6.07, 6.45) is 2.12. The quantitative estimate of drug-likeness (QED) is 0.719. The Morgan fingerprint density at radius 2 is 2.06 bits per heavy atom. The van der Waals surface area contributed by atoms with Crippen molar-refractivity contribution < 1.29 is 4.79 Å². The van der Waals surface area contributed by atoms with Crippen LogP contribution in [0.5, 0.6) is 0 Å². The Morgan fingerprint density at radius 3 is 2.62 bits per heavy atom. The average molecular weight is 349 g/mol.